The van der Waals surface area contributed by atoms with E-state index in [1.807, 2.05) is 42.8 Å². The predicted molar refractivity (Wildman–Crippen MR) is 111 cm³/mol. The van der Waals surface area contributed by atoms with E-state index < -0.39 is 5.60 Å². The molecule has 0 aliphatic carbocycles. The van der Waals surface area contributed by atoms with E-state index in [4.69, 9.17) is 4.74 Å². The van der Waals surface area contributed by atoms with E-state index in [0.29, 0.717) is 25.6 Å². The van der Waals surface area contributed by atoms with E-state index in [0.717, 1.165) is 50.8 Å². The lowest BCUT2D eigenvalue weighted by atomic mass is 9.92. The number of carbonyl (C=O) groups is 2. The van der Waals surface area contributed by atoms with Crippen LogP contribution >= 0.6 is 0 Å². The maximum absolute atomic E-state index is 12.3. The van der Waals surface area contributed by atoms with Gasteiger partial charge in [-0.3, -0.25) is 4.98 Å². The number of urea groups is 1. The van der Waals surface area contributed by atoms with E-state index in [2.05, 4.69) is 10.3 Å². The van der Waals surface area contributed by atoms with Crippen LogP contribution < -0.4 is 5.32 Å². The van der Waals surface area contributed by atoms with Gasteiger partial charge in [0, 0.05) is 45.1 Å². The molecular formula is C22H34N4O3. The fourth-order valence-electron chi connectivity index (χ4n) is 3.96. The third-order valence-electron chi connectivity index (χ3n) is 5.60. The van der Waals surface area contributed by atoms with Crippen molar-refractivity contribution in [1.29, 1.82) is 0 Å². The SMILES string of the molecule is CC(C)(C)OC(=O)N1CCC(CCCCNC(=O)N2Cc3ccncc3C2)CC1. The number of aromatic nitrogens is 1. The van der Waals surface area contributed by atoms with E-state index in [1.165, 1.54) is 5.56 Å². The van der Waals surface area contributed by atoms with Gasteiger partial charge in [-0.1, -0.05) is 12.8 Å². The van der Waals surface area contributed by atoms with Crippen LogP contribution in [0.3, 0.4) is 0 Å². The molecule has 29 heavy (non-hydrogen) atoms. The number of ether oxygens (including phenoxy) is 1. The average molecular weight is 403 g/mol. The van der Waals surface area contributed by atoms with E-state index >= 15 is 0 Å². The quantitative estimate of drug-likeness (QED) is 0.758. The van der Waals surface area contributed by atoms with Gasteiger partial charge < -0.3 is 19.9 Å². The van der Waals surface area contributed by atoms with Crippen LogP contribution in [0.25, 0.3) is 0 Å². The summed E-state index contributed by atoms with van der Waals surface area (Å²) in [6, 6.07) is 1.99. The van der Waals surface area contributed by atoms with Gasteiger partial charge >= 0.3 is 12.1 Å². The number of likely N-dealkylation sites (tertiary alicyclic amines) is 1. The third-order valence-corrected chi connectivity index (χ3v) is 5.60. The molecule has 160 valence electrons. The first-order valence-corrected chi connectivity index (χ1v) is 10.7. The normalized spacial score (nSPS) is 17.2. The molecule has 0 atom stereocenters. The van der Waals surface area contributed by atoms with Gasteiger partial charge in [0.25, 0.3) is 0 Å². The van der Waals surface area contributed by atoms with Crippen molar-refractivity contribution >= 4 is 12.1 Å². The summed E-state index contributed by atoms with van der Waals surface area (Å²) in [5.41, 5.74) is 1.89. The fourth-order valence-corrected chi connectivity index (χ4v) is 3.96. The van der Waals surface area contributed by atoms with Crippen LogP contribution in [0.2, 0.25) is 0 Å². The van der Waals surface area contributed by atoms with E-state index in [9.17, 15) is 9.59 Å². The Morgan fingerprint density at radius 3 is 2.55 bits per heavy atom. The van der Waals surface area contributed by atoms with Gasteiger partial charge in [-0.05, 0) is 63.1 Å². The Morgan fingerprint density at radius 2 is 1.86 bits per heavy atom. The van der Waals surface area contributed by atoms with Crippen molar-refractivity contribution in [3.05, 3.63) is 29.6 Å². The number of unbranched alkanes of at least 4 members (excludes halogenated alkanes) is 1. The summed E-state index contributed by atoms with van der Waals surface area (Å²) in [4.78, 5) is 32.2. The van der Waals surface area contributed by atoms with Crippen LogP contribution in [-0.2, 0) is 17.8 Å². The largest absolute Gasteiger partial charge is 0.444 e. The van der Waals surface area contributed by atoms with Crippen molar-refractivity contribution in [3.8, 4) is 0 Å². The summed E-state index contributed by atoms with van der Waals surface area (Å²) in [6.45, 7) is 9.27. The summed E-state index contributed by atoms with van der Waals surface area (Å²) in [6.07, 6.45) is 8.73. The molecule has 1 N–H and O–H groups in total. The monoisotopic (exact) mass is 402 g/mol. The molecule has 1 saturated heterocycles. The number of nitrogens with zero attached hydrogens (tertiary/aromatic N) is 3. The molecule has 0 bridgehead atoms. The van der Waals surface area contributed by atoms with Gasteiger partial charge in [-0.15, -0.1) is 0 Å². The maximum atomic E-state index is 12.3. The Labute approximate surface area is 173 Å². The number of pyridine rings is 1. The molecule has 1 aromatic heterocycles. The minimum Gasteiger partial charge on any atom is -0.444 e. The lowest BCUT2D eigenvalue weighted by Gasteiger charge is -2.33. The smallest absolute Gasteiger partial charge is 0.410 e. The zero-order valence-corrected chi connectivity index (χ0v) is 17.9. The molecule has 7 nitrogen and oxygen atoms in total. The molecule has 3 heterocycles. The second kappa shape index (κ2) is 9.46. The lowest BCUT2D eigenvalue weighted by molar-refractivity contribution is 0.0180. The molecule has 1 aromatic rings. The first-order valence-electron chi connectivity index (χ1n) is 10.7. The summed E-state index contributed by atoms with van der Waals surface area (Å²) < 4.78 is 5.45. The molecule has 2 aliphatic rings. The van der Waals surface area contributed by atoms with Crippen LogP contribution in [-0.4, -0.2) is 52.1 Å². The second-order valence-electron chi connectivity index (χ2n) is 9.14. The van der Waals surface area contributed by atoms with Crippen LogP contribution in [0, 0.1) is 5.92 Å². The van der Waals surface area contributed by atoms with Crippen molar-refractivity contribution < 1.29 is 14.3 Å². The highest BCUT2D eigenvalue weighted by Crippen LogP contribution is 2.24. The predicted octanol–water partition coefficient (Wildman–Crippen LogP) is 3.92. The Bertz CT molecular complexity index is 683. The molecule has 2 aliphatic heterocycles. The highest BCUT2D eigenvalue weighted by Gasteiger charge is 2.27. The molecule has 0 spiro atoms. The number of amides is 3. The second-order valence-corrected chi connectivity index (χ2v) is 9.14. The summed E-state index contributed by atoms with van der Waals surface area (Å²) in [5, 5.41) is 3.04. The topological polar surface area (TPSA) is 74.8 Å². The number of piperidine rings is 1. The zero-order chi connectivity index (χ0) is 20.9. The number of hydrogen-bond acceptors (Lipinski definition) is 4. The number of rotatable bonds is 5. The van der Waals surface area contributed by atoms with Crippen molar-refractivity contribution in [2.24, 2.45) is 5.92 Å². The van der Waals surface area contributed by atoms with E-state index in [-0.39, 0.29) is 12.1 Å². The third kappa shape index (κ3) is 6.34. The summed E-state index contributed by atoms with van der Waals surface area (Å²) in [5.74, 6) is 0.657. The van der Waals surface area contributed by atoms with E-state index in [1.54, 1.807) is 6.20 Å². The van der Waals surface area contributed by atoms with Gasteiger partial charge in [0.2, 0.25) is 0 Å². The van der Waals surface area contributed by atoms with Crippen LogP contribution in [0.4, 0.5) is 9.59 Å². The molecular weight excluding hydrogens is 368 g/mol. The number of carbonyl (C=O) groups excluding carboxylic acids is 2. The van der Waals surface area contributed by atoms with Crippen LogP contribution in [0.5, 0.6) is 0 Å². The van der Waals surface area contributed by atoms with Crippen molar-refractivity contribution in [1.82, 2.24) is 20.1 Å². The van der Waals surface area contributed by atoms with Crippen molar-refractivity contribution in [2.75, 3.05) is 19.6 Å². The van der Waals surface area contributed by atoms with Crippen LogP contribution in [0.15, 0.2) is 18.5 Å². The molecule has 0 radical (unpaired) electrons. The highest BCUT2D eigenvalue weighted by molar-refractivity contribution is 5.75. The maximum Gasteiger partial charge on any atom is 0.410 e. The molecule has 0 aromatic carbocycles. The Hall–Kier alpha value is -2.31. The first-order chi connectivity index (χ1) is 13.8. The minimum absolute atomic E-state index is 0.00636. The highest BCUT2D eigenvalue weighted by atomic mass is 16.6. The Kier molecular flexibility index (Phi) is 6.98. The summed E-state index contributed by atoms with van der Waals surface area (Å²) in [7, 11) is 0. The molecule has 3 rings (SSSR count). The summed E-state index contributed by atoms with van der Waals surface area (Å²) >= 11 is 0. The Morgan fingerprint density at radius 1 is 1.14 bits per heavy atom. The number of hydrogen-bond donors (Lipinski definition) is 1. The number of fused-ring (bicyclic) bond motifs is 1. The zero-order valence-electron chi connectivity index (χ0n) is 17.9. The van der Waals surface area contributed by atoms with Crippen LogP contribution in [0.1, 0.15) is 64.0 Å². The van der Waals surface area contributed by atoms with Gasteiger partial charge in [-0.25, -0.2) is 9.59 Å². The first kappa shape index (κ1) is 21.4. The fraction of sp³-hybridized carbons (Fsp3) is 0.682. The van der Waals surface area contributed by atoms with Gasteiger partial charge in [0.1, 0.15) is 5.60 Å². The van der Waals surface area contributed by atoms with Gasteiger partial charge in [0.05, 0.1) is 0 Å². The Balaban J connectivity index is 1.26. The number of nitrogens with one attached hydrogen (secondary N) is 1. The minimum atomic E-state index is -0.437. The molecule has 1 fully saturated rings. The standard InChI is InChI=1S/C22H34N4O3/c1-22(2,3)29-21(28)25-12-8-17(9-13-25)6-4-5-10-24-20(27)26-15-18-7-11-23-14-19(18)16-26/h7,11,14,17H,4-6,8-10,12-13,15-16H2,1-3H3,(H,24,27). The molecule has 0 saturated carbocycles. The van der Waals surface area contributed by atoms with Crippen molar-refractivity contribution in [2.45, 2.75) is 71.6 Å². The van der Waals surface area contributed by atoms with Gasteiger partial charge in [-0.2, -0.15) is 0 Å². The molecule has 0 unspecified atom stereocenters. The van der Waals surface area contributed by atoms with Gasteiger partial charge in [0.15, 0.2) is 0 Å². The lowest BCUT2D eigenvalue weighted by Crippen LogP contribution is -2.41. The van der Waals surface area contributed by atoms with Crippen molar-refractivity contribution in [3.63, 3.8) is 0 Å². The molecule has 3 amide bonds. The average Bonchev–Trinajstić information content (AvgIpc) is 3.11. The molecule has 7 heteroatoms.